The number of phosphoric ester groups is 1. The molecule has 0 spiro atoms. The summed E-state index contributed by atoms with van der Waals surface area (Å²) in [4.78, 5) is 93.1. The van der Waals surface area contributed by atoms with Gasteiger partial charge in [-0.25, -0.2) is 4.57 Å². The number of ketones is 3. The summed E-state index contributed by atoms with van der Waals surface area (Å²) in [5.74, 6) is -3.83. The number of amides is 3. The Balaban J connectivity index is 4.22. The zero-order chi connectivity index (χ0) is 31.3. The third-order valence-electron chi connectivity index (χ3n) is 5.41. The van der Waals surface area contributed by atoms with E-state index in [1.807, 2.05) is 0 Å². The Morgan fingerprint density at radius 3 is 1.95 bits per heavy atom. The van der Waals surface area contributed by atoms with Gasteiger partial charge in [-0.2, -0.15) is 0 Å². The molecule has 0 aliphatic rings. The van der Waals surface area contributed by atoms with Crippen LogP contribution in [0.1, 0.15) is 78.1 Å². The highest BCUT2D eigenvalue weighted by atomic mass is 31.2. The van der Waals surface area contributed by atoms with Crippen LogP contribution in [0.2, 0.25) is 0 Å². The minimum atomic E-state index is -4.08. The largest absolute Gasteiger partial charge is 0.480 e. The van der Waals surface area contributed by atoms with Gasteiger partial charge in [-0.15, -0.1) is 0 Å². The number of phosphoric acid groups is 1. The summed E-state index contributed by atoms with van der Waals surface area (Å²) in [5.41, 5.74) is 0. The minimum absolute atomic E-state index is 0.0219. The number of hydrogen-bond acceptors (Lipinski definition) is 10. The maximum Gasteiger partial charge on any atom is 0.472 e. The molecule has 0 aromatic heterocycles. The van der Waals surface area contributed by atoms with Crippen molar-refractivity contribution in [2.75, 3.05) is 39.4 Å². The lowest BCUT2D eigenvalue weighted by atomic mass is 10.1. The predicted molar refractivity (Wildman–Crippen MR) is 145 cm³/mol. The minimum Gasteiger partial charge on any atom is -0.480 e. The number of carboxylic acid groups (broad SMARTS) is 1. The van der Waals surface area contributed by atoms with Crippen LogP contribution < -0.4 is 10.6 Å². The second kappa shape index (κ2) is 21.7. The van der Waals surface area contributed by atoms with Gasteiger partial charge in [-0.1, -0.05) is 0 Å². The number of carbonyl (C=O) groups excluding carboxylic acids is 6. The smallest absolute Gasteiger partial charge is 0.472 e. The van der Waals surface area contributed by atoms with Gasteiger partial charge < -0.3 is 25.5 Å². The van der Waals surface area contributed by atoms with E-state index in [-0.39, 0.29) is 82.8 Å². The van der Waals surface area contributed by atoms with Crippen molar-refractivity contribution in [3.63, 3.8) is 0 Å². The molecule has 0 rings (SSSR count). The van der Waals surface area contributed by atoms with E-state index in [0.29, 0.717) is 19.4 Å². The van der Waals surface area contributed by atoms with Crippen molar-refractivity contribution in [2.45, 2.75) is 78.1 Å². The van der Waals surface area contributed by atoms with Crippen molar-refractivity contribution in [3.8, 4) is 0 Å². The first kappa shape index (κ1) is 38.0. The van der Waals surface area contributed by atoms with E-state index in [1.54, 1.807) is 13.8 Å². The molecule has 4 N–H and O–H groups in total. The molecule has 0 saturated carbocycles. The van der Waals surface area contributed by atoms with Gasteiger partial charge in [0.1, 0.15) is 12.3 Å². The summed E-state index contributed by atoms with van der Waals surface area (Å²) in [6.07, 6.45) is 0.682. The van der Waals surface area contributed by atoms with Crippen LogP contribution in [0.25, 0.3) is 0 Å². The fourth-order valence-corrected chi connectivity index (χ4v) is 4.15. The number of Topliss-reactive ketones (excluding diaryl/α,β-unsaturated/α-hetero) is 3. The molecule has 0 aliphatic carbocycles. The Hall–Kier alpha value is -3.00. The topological polar surface area (TPSA) is 223 Å². The lowest BCUT2D eigenvalue weighted by Gasteiger charge is -2.20. The fraction of sp³-hybridized carbons (Fsp3) is 0.720. The lowest BCUT2D eigenvalue weighted by Crippen LogP contribution is -2.40. The number of carbonyl (C=O) groups is 7. The third-order valence-corrected chi connectivity index (χ3v) is 6.50. The first-order valence-corrected chi connectivity index (χ1v) is 15.0. The van der Waals surface area contributed by atoms with Crippen molar-refractivity contribution in [1.29, 1.82) is 0 Å². The second-order valence-electron chi connectivity index (χ2n) is 9.02. The predicted octanol–water partition coefficient (Wildman–Crippen LogP) is 0.914. The average molecular weight is 608 g/mol. The molecule has 0 fully saturated rings. The van der Waals surface area contributed by atoms with Gasteiger partial charge in [0, 0.05) is 51.5 Å². The molecule has 0 aliphatic heterocycles. The van der Waals surface area contributed by atoms with Crippen molar-refractivity contribution in [3.05, 3.63) is 0 Å². The first-order valence-electron chi connectivity index (χ1n) is 13.5. The van der Waals surface area contributed by atoms with E-state index in [1.165, 1.54) is 0 Å². The Labute approximate surface area is 239 Å². The highest BCUT2D eigenvalue weighted by Gasteiger charge is 2.21. The Morgan fingerprint density at radius 2 is 1.32 bits per heavy atom. The quantitative estimate of drug-likeness (QED) is 0.0840. The normalized spacial score (nSPS) is 12.2. The molecule has 15 nitrogen and oxygen atoms in total. The van der Waals surface area contributed by atoms with Crippen LogP contribution in [0.5, 0.6) is 0 Å². The molecule has 0 saturated heterocycles. The van der Waals surface area contributed by atoms with E-state index in [0.717, 1.165) is 4.90 Å². The number of nitrogens with one attached hydrogen (secondary N) is 2. The number of hydrogen-bond donors (Lipinski definition) is 4. The number of aliphatic carboxylic acids is 1. The molecule has 0 radical (unpaired) electrons. The summed E-state index contributed by atoms with van der Waals surface area (Å²) < 4.78 is 20.6. The molecule has 16 heteroatoms. The van der Waals surface area contributed by atoms with Gasteiger partial charge in [0.15, 0.2) is 11.6 Å². The summed E-state index contributed by atoms with van der Waals surface area (Å²) >= 11 is 0. The lowest BCUT2D eigenvalue weighted by molar-refractivity contribution is -0.146. The van der Waals surface area contributed by atoms with Crippen LogP contribution in [0.3, 0.4) is 0 Å². The average Bonchev–Trinajstić information content (AvgIpc) is 2.89. The van der Waals surface area contributed by atoms with Crippen molar-refractivity contribution in [2.24, 2.45) is 0 Å². The standard InChI is InChI=1S/C25H42N3O12P/c1-3-26-23(33)13-11-21(31)17-28(18-25(35)36)24(34)14-12-20(30)16-27-22(32)10-6-5-8-19(29)9-7-15-40-41(37,38)39-4-2/h3-18H2,1-2H3,(H,26,33)(H,27,32)(H,35,36)(H,37,38). The van der Waals surface area contributed by atoms with Gasteiger partial charge in [0.25, 0.3) is 0 Å². The molecule has 41 heavy (non-hydrogen) atoms. The van der Waals surface area contributed by atoms with Crippen LogP contribution in [-0.4, -0.2) is 95.3 Å². The number of carboxylic acids is 1. The van der Waals surface area contributed by atoms with Crippen molar-refractivity contribution in [1.82, 2.24) is 15.5 Å². The maximum absolute atomic E-state index is 12.4. The van der Waals surface area contributed by atoms with Gasteiger partial charge >= 0.3 is 13.8 Å². The van der Waals surface area contributed by atoms with Crippen molar-refractivity contribution < 1.29 is 57.2 Å². The van der Waals surface area contributed by atoms with Crippen LogP contribution in [0, 0.1) is 0 Å². The van der Waals surface area contributed by atoms with Crippen LogP contribution in [0.15, 0.2) is 0 Å². The molecule has 0 bridgehead atoms. The Bertz CT molecular complexity index is 956. The van der Waals surface area contributed by atoms with Gasteiger partial charge in [-0.3, -0.25) is 42.6 Å². The molecule has 0 heterocycles. The van der Waals surface area contributed by atoms with Crippen LogP contribution in [0.4, 0.5) is 0 Å². The van der Waals surface area contributed by atoms with E-state index in [2.05, 4.69) is 15.2 Å². The fourth-order valence-electron chi connectivity index (χ4n) is 3.39. The number of rotatable bonds is 25. The van der Waals surface area contributed by atoms with E-state index >= 15 is 0 Å². The summed E-state index contributed by atoms with van der Waals surface area (Å²) in [6, 6.07) is 0. The Morgan fingerprint density at radius 1 is 0.707 bits per heavy atom. The van der Waals surface area contributed by atoms with Crippen LogP contribution in [-0.2, 0) is 47.2 Å². The second-order valence-corrected chi connectivity index (χ2v) is 10.5. The van der Waals surface area contributed by atoms with Crippen LogP contribution >= 0.6 is 7.82 Å². The SMILES string of the molecule is CCNC(=O)CCC(=O)CN(CC(=O)O)C(=O)CCC(=O)CNC(=O)CCCCC(=O)CCCOP(=O)(O)OCC. The Kier molecular flexibility index (Phi) is 20.1. The van der Waals surface area contributed by atoms with Crippen molar-refractivity contribution >= 4 is 48.9 Å². The van der Waals surface area contributed by atoms with E-state index in [4.69, 9.17) is 9.63 Å². The monoisotopic (exact) mass is 607 g/mol. The molecular formula is C25H42N3O12P. The van der Waals surface area contributed by atoms with Gasteiger partial charge in [-0.05, 0) is 33.1 Å². The third kappa shape index (κ3) is 21.4. The van der Waals surface area contributed by atoms with E-state index < -0.39 is 50.3 Å². The molecule has 3 amide bonds. The first-order chi connectivity index (χ1) is 19.3. The highest BCUT2D eigenvalue weighted by Crippen LogP contribution is 2.42. The molecule has 0 aromatic carbocycles. The summed E-state index contributed by atoms with van der Waals surface area (Å²) in [7, 11) is -4.08. The molecule has 0 aromatic rings. The molecule has 1 atom stereocenters. The maximum atomic E-state index is 12.4. The van der Waals surface area contributed by atoms with Gasteiger partial charge in [0.05, 0.1) is 26.3 Å². The summed E-state index contributed by atoms with van der Waals surface area (Å²) in [6.45, 7) is 2.04. The molecule has 1 unspecified atom stereocenters. The molecule has 234 valence electrons. The zero-order valence-electron chi connectivity index (χ0n) is 23.7. The zero-order valence-corrected chi connectivity index (χ0v) is 24.6. The number of nitrogens with zero attached hydrogens (tertiary/aromatic N) is 1. The summed E-state index contributed by atoms with van der Waals surface area (Å²) in [5, 5.41) is 14.0. The molecular weight excluding hydrogens is 565 g/mol. The van der Waals surface area contributed by atoms with E-state index in [9.17, 15) is 43.0 Å². The highest BCUT2D eigenvalue weighted by molar-refractivity contribution is 7.47. The number of unbranched alkanes of at least 4 members (excludes halogenated alkanes) is 1. The van der Waals surface area contributed by atoms with Gasteiger partial charge in [0.2, 0.25) is 17.7 Å².